The summed E-state index contributed by atoms with van der Waals surface area (Å²) in [6, 6.07) is 20.0. The van der Waals surface area contributed by atoms with E-state index in [2.05, 4.69) is 101 Å². The average Bonchev–Trinajstić information content (AvgIpc) is 2.57. The van der Waals surface area contributed by atoms with Gasteiger partial charge in [0.1, 0.15) is 0 Å². The molecule has 3 heteroatoms. The van der Waals surface area contributed by atoms with Gasteiger partial charge < -0.3 is 0 Å². The zero-order valence-electron chi connectivity index (χ0n) is 17.8. The zero-order valence-corrected chi connectivity index (χ0v) is 20.8. The van der Waals surface area contributed by atoms with Crippen LogP contribution >= 0.6 is 0 Å². The highest BCUT2D eigenvalue weighted by molar-refractivity contribution is 7.46. The Kier molecular flexibility index (Phi) is 4.87. The third kappa shape index (κ3) is 2.94. The van der Waals surface area contributed by atoms with Crippen LogP contribution in [0.1, 0.15) is 6.92 Å². The van der Waals surface area contributed by atoms with Crippen molar-refractivity contribution in [2.24, 2.45) is 0 Å². The summed E-state index contributed by atoms with van der Waals surface area (Å²) >= 11 is 0. The Morgan fingerprint density at radius 1 is 0.577 bits per heavy atom. The Hall–Kier alpha value is -1.17. The zero-order chi connectivity index (χ0) is 19.3. The molecule has 0 amide bonds. The summed E-state index contributed by atoms with van der Waals surface area (Å²) in [6.45, 7) is 20.4. The summed E-state index contributed by atoms with van der Waals surface area (Å²) in [5.74, 6) is 0. The number of rotatable bonds is 4. The standard InChI is InChI=1S/C23H34Si3/c1-9-25(5,6)26(7,8)23-20-16-12-10-14-18(20)22(24(2,3)4)19-15-11-13-17-21(19)23/h10-17H,9H2,1-8H3. The smallest absolute Gasteiger partial charge is 0.0710 e. The first-order valence-corrected chi connectivity index (χ1v) is 20.7. The Morgan fingerprint density at radius 2 is 0.923 bits per heavy atom. The van der Waals surface area contributed by atoms with Gasteiger partial charge in [0, 0.05) is 7.59 Å². The Bertz CT molecular complexity index is 905. The minimum absolute atomic E-state index is 1.29. The maximum absolute atomic E-state index is 2.64. The molecule has 0 saturated carbocycles. The van der Waals surface area contributed by atoms with Crippen LogP contribution in [-0.2, 0) is 0 Å². The van der Waals surface area contributed by atoms with Gasteiger partial charge in [-0.25, -0.2) is 0 Å². The number of fused-ring (bicyclic) bond motifs is 2. The molecule has 0 aliphatic rings. The lowest BCUT2D eigenvalue weighted by Gasteiger charge is -2.40. The second kappa shape index (κ2) is 6.47. The largest absolute Gasteiger partial charge is 0.0792 e. The van der Waals surface area contributed by atoms with Crippen LogP contribution in [-0.4, -0.2) is 23.3 Å². The molecule has 3 aromatic rings. The van der Waals surface area contributed by atoms with Gasteiger partial charge in [-0.1, -0.05) is 107 Å². The minimum Gasteiger partial charge on any atom is -0.0710 e. The van der Waals surface area contributed by atoms with Gasteiger partial charge >= 0.3 is 0 Å². The molecule has 0 aliphatic heterocycles. The molecule has 0 bridgehead atoms. The van der Waals surface area contributed by atoms with Crippen molar-refractivity contribution in [3.05, 3.63) is 48.5 Å². The molecule has 0 radical (unpaired) electrons. The third-order valence-electron chi connectivity index (χ3n) is 6.88. The normalized spacial score (nSPS) is 13.5. The first-order valence-electron chi connectivity index (χ1n) is 9.97. The van der Waals surface area contributed by atoms with E-state index in [4.69, 9.17) is 0 Å². The summed E-state index contributed by atoms with van der Waals surface area (Å²) in [5.41, 5.74) is 0. The fourth-order valence-corrected chi connectivity index (χ4v) is 15.3. The Labute approximate surface area is 162 Å². The Balaban J connectivity index is 2.60. The number of hydrogen-bond donors (Lipinski definition) is 0. The highest BCUT2D eigenvalue weighted by atomic mass is 29.3. The predicted molar refractivity (Wildman–Crippen MR) is 130 cm³/mol. The monoisotopic (exact) mass is 394 g/mol. The van der Waals surface area contributed by atoms with Crippen LogP contribution in [0.25, 0.3) is 21.5 Å². The first-order chi connectivity index (χ1) is 12.0. The topological polar surface area (TPSA) is 0 Å². The van der Waals surface area contributed by atoms with Crippen LogP contribution in [0, 0.1) is 0 Å². The van der Waals surface area contributed by atoms with Crippen LogP contribution in [0.15, 0.2) is 48.5 Å². The van der Waals surface area contributed by atoms with Crippen molar-refractivity contribution in [3.63, 3.8) is 0 Å². The SMILES string of the molecule is CC[Si](C)(C)[Si](C)(C)c1c2ccccc2c([Si](C)(C)C)c2ccccc12. The lowest BCUT2D eigenvalue weighted by molar-refractivity contribution is 1.39. The number of hydrogen-bond acceptors (Lipinski definition) is 0. The van der Waals surface area contributed by atoms with E-state index in [1.54, 1.807) is 21.1 Å². The second-order valence-corrected chi connectivity index (χ2v) is 31.0. The van der Waals surface area contributed by atoms with Crippen LogP contribution in [0.2, 0.25) is 51.9 Å². The quantitative estimate of drug-likeness (QED) is 0.362. The Morgan fingerprint density at radius 3 is 1.23 bits per heavy atom. The van der Waals surface area contributed by atoms with Crippen LogP contribution in [0.3, 0.4) is 0 Å². The fraction of sp³-hybridized carbons (Fsp3) is 0.391. The van der Waals surface area contributed by atoms with Gasteiger partial charge in [-0.05, 0) is 31.9 Å². The summed E-state index contributed by atoms with van der Waals surface area (Å²) in [7, 11) is -4.33. The summed E-state index contributed by atoms with van der Waals surface area (Å²) in [6.07, 6.45) is 0. The lowest BCUT2D eigenvalue weighted by atomic mass is 10.0. The van der Waals surface area contributed by atoms with Gasteiger partial charge in [0.15, 0.2) is 0 Å². The molecule has 0 aliphatic carbocycles. The highest BCUT2D eigenvalue weighted by Crippen LogP contribution is 2.31. The molecule has 0 spiro atoms. The van der Waals surface area contributed by atoms with Crippen molar-refractivity contribution >= 4 is 55.2 Å². The molecule has 0 saturated heterocycles. The van der Waals surface area contributed by atoms with E-state index in [0.29, 0.717) is 0 Å². The van der Waals surface area contributed by atoms with E-state index in [1.165, 1.54) is 16.8 Å². The van der Waals surface area contributed by atoms with Crippen LogP contribution in [0.4, 0.5) is 0 Å². The van der Waals surface area contributed by atoms with Crippen molar-refractivity contribution in [3.8, 4) is 0 Å². The van der Waals surface area contributed by atoms with Gasteiger partial charge in [-0.3, -0.25) is 0 Å². The average molecular weight is 395 g/mol. The second-order valence-electron chi connectivity index (χ2n) is 9.95. The predicted octanol–water partition coefficient (Wildman–Crippen LogP) is 6.26. The highest BCUT2D eigenvalue weighted by Gasteiger charge is 2.43. The van der Waals surface area contributed by atoms with E-state index in [1.807, 2.05) is 0 Å². The van der Waals surface area contributed by atoms with Crippen molar-refractivity contribution in [1.82, 2.24) is 0 Å². The van der Waals surface area contributed by atoms with Crippen molar-refractivity contribution in [1.29, 1.82) is 0 Å². The molecule has 0 heterocycles. The molecule has 0 unspecified atom stereocenters. The van der Waals surface area contributed by atoms with E-state index < -0.39 is 23.3 Å². The van der Waals surface area contributed by atoms with Crippen molar-refractivity contribution in [2.75, 3.05) is 0 Å². The molecular weight excluding hydrogens is 361 g/mol. The molecule has 0 aromatic heterocycles. The molecule has 3 aromatic carbocycles. The molecule has 0 fully saturated rings. The minimum atomic E-state index is -1.56. The molecule has 26 heavy (non-hydrogen) atoms. The van der Waals surface area contributed by atoms with E-state index >= 15 is 0 Å². The molecule has 3 rings (SSSR count). The maximum atomic E-state index is 2.64. The molecule has 0 nitrogen and oxygen atoms in total. The van der Waals surface area contributed by atoms with Gasteiger partial charge in [0.05, 0.1) is 15.7 Å². The summed E-state index contributed by atoms with van der Waals surface area (Å²) < 4.78 is 0. The summed E-state index contributed by atoms with van der Waals surface area (Å²) in [5, 5.41) is 9.53. The van der Waals surface area contributed by atoms with Gasteiger partial charge in [0.25, 0.3) is 0 Å². The van der Waals surface area contributed by atoms with E-state index in [9.17, 15) is 0 Å². The third-order valence-corrected chi connectivity index (χ3v) is 27.8. The van der Waals surface area contributed by atoms with Crippen molar-refractivity contribution in [2.45, 2.75) is 58.8 Å². The molecule has 138 valence electrons. The molecule has 0 N–H and O–H groups in total. The molecule has 0 atom stereocenters. The summed E-state index contributed by atoms with van der Waals surface area (Å²) in [4.78, 5) is 0. The van der Waals surface area contributed by atoms with Crippen LogP contribution in [0.5, 0.6) is 0 Å². The van der Waals surface area contributed by atoms with E-state index in [0.717, 1.165) is 0 Å². The van der Waals surface area contributed by atoms with Crippen LogP contribution < -0.4 is 10.4 Å². The first kappa shape index (κ1) is 19.6. The molecular formula is C23H34Si3. The maximum Gasteiger partial charge on any atom is 0.0792 e. The van der Waals surface area contributed by atoms with Gasteiger partial charge in [0.2, 0.25) is 0 Å². The number of benzene rings is 3. The lowest BCUT2D eigenvalue weighted by Crippen LogP contribution is -2.63. The van der Waals surface area contributed by atoms with E-state index in [-0.39, 0.29) is 0 Å². The van der Waals surface area contributed by atoms with Gasteiger partial charge in [-0.2, -0.15) is 0 Å². The van der Waals surface area contributed by atoms with Gasteiger partial charge in [-0.15, -0.1) is 0 Å². The van der Waals surface area contributed by atoms with Crippen molar-refractivity contribution < 1.29 is 0 Å². The fourth-order valence-electron chi connectivity index (χ4n) is 4.39.